The molecule has 1 unspecified atom stereocenters. The van der Waals surface area contributed by atoms with Crippen molar-refractivity contribution in [1.29, 1.82) is 0 Å². The second kappa shape index (κ2) is 14.2. The van der Waals surface area contributed by atoms with Crippen LogP contribution in [0.5, 0.6) is 0 Å². The van der Waals surface area contributed by atoms with Crippen LogP contribution in [0, 0.1) is 0 Å². The lowest BCUT2D eigenvalue weighted by molar-refractivity contribution is 0.159. The summed E-state index contributed by atoms with van der Waals surface area (Å²) in [5.41, 5.74) is 2.65. The predicted octanol–water partition coefficient (Wildman–Crippen LogP) is 3.69. The fourth-order valence-electron chi connectivity index (χ4n) is 3.69. The Morgan fingerprint density at radius 2 is 1.93 bits per heavy atom. The highest BCUT2D eigenvalue weighted by Gasteiger charge is 2.17. The Balaban J connectivity index is 0.00000392. The zero-order valence-corrected chi connectivity index (χ0v) is 20.5. The van der Waals surface area contributed by atoms with Crippen molar-refractivity contribution in [2.75, 3.05) is 40.3 Å². The third kappa shape index (κ3) is 9.09. The first-order valence-corrected chi connectivity index (χ1v) is 10.6. The molecule has 0 radical (unpaired) electrons. The van der Waals surface area contributed by atoms with Gasteiger partial charge < -0.3 is 20.4 Å². The Labute approximate surface area is 189 Å². The Bertz CT molecular complexity index is 576. The van der Waals surface area contributed by atoms with Crippen LogP contribution in [-0.2, 0) is 13.1 Å². The van der Waals surface area contributed by atoms with E-state index in [0.29, 0.717) is 6.54 Å². The summed E-state index contributed by atoms with van der Waals surface area (Å²) in [4.78, 5) is 9.65. The minimum atomic E-state index is 0. The molecule has 6 heteroatoms. The average Bonchev–Trinajstić information content (AvgIpc) is 2.65. The summed E-state index contributed by atoms with van der Waals surface area (Å²) in [5, 5.41) is 6.88. The number of nitrogens with zero attached hydrogens (tertiary/aromatic N) is 3. The van der Waals surface area contributed by atoms with Crippen LogP contribution in [0.3, 0.4) is 0 Å². The lowest BCUT2D eigenvalue weighted by Gasteiger charge is -2.33. The van der Waals surface area contributed by atoms with Gasteiger partial charge in [0.1, 0.15) is 0 Å². The first-order chi connectivity index (χ1) is 13.1. The van der Waals surface area contributed by atoms with Crippen LogP contribution in [0.15, 0.2) is 29.3 Å². The second-order valence-electron chi connectivity index (χ2n) is 7.86. The summed E-state index contributed by atoms with van der Waals surface area (Å²) in [6.07, 6.45) is 5.26. The molecule has 0 amide bonds. The molecule has 1 aromatic carbocycles. The maximum atomic E-state index is 4.81. The van der Waals surface area contributed by atoms with Crippen molar-refractivity contribution in [3.63, 3.8) is 0 Å². The van der Waals surface area contributed by atoms with Crippen molar-refractivity contribution in [3.05, 3.63) is 35.4 Å². The molecule has 1 aromatic rings. The van der Waals surface area contributed by atoms with E-state index in [4.69, 9.17) is 4.99 Å². The summed E-state index contributed by atoms with van der Waals surface area (Å²) < 4.78 is 0. The summed E-state index contributed by atoms with van der Waals surface area (Å²) in [6, 6.07) is 9.34. The number of benzene rings is 1. The summed E-state index contributed by atoms with van der Waals surface area (Å²) >= 11 is 0. The van der Waals surface area contributed by atoms with Crippen LogP contribution in [0.25, 0.3) is 0 Å². The van der Waals surface area contributed by atoms with Crippen LogP contribution in [0.4, 0.5) is 0 Å². The Morgan fingerprint density at radius 1 is 1.18 bits per heavy atom. The van der Waals surface area contributed by atoms with Crippen molar-refractivity contribution in [1.82, 2.24) is 20.4 Å². The highest BCUT2D eigenvalue weighted by molar-refractivity contribution is 14.0. The summed E-state index contributed by atoms with van der Waals surface area (Å²) in [6.45, 7) is 10.4. The molecule has 5 nitrogen and oxygen atoms in total. The van der Waals surface area contributed by atoms with E-state index in [9.17, 15) is 0 Å². The van der Waals surface area contributed by atoms with Gasteiger partial charge in [-0.2, -0.15) is 0 Å². The predicted molar refractivity (Wildman–Crippen MR) is 132 cm³/mol. The Kier molecular flexibility index (Phi) is 12.7. The van der Waals surface area contributed by atoms with Gasteiger partial charge in [-0.15, -0.1) is 24.0 Å². The molecular formula is C22H40IN5. The molecule has 0 aromatic heterocycles. The highest BCUT2D eigenvalue weighted by atomic mass is 127. The lowest BCUT2D eigenvalue weighted by Crippen LogP contribution is -2.41. The van der Waals surface area contributed by atoms with E-state index in [1.807, 2.05) is 0 Å². The molecule has 0 bridgehead atoms. The third-order valence-corrected chi connectivity index (χ3v) is 5.21. The van der Waals surface area contributed by atoms with Crippen LogP contribution < -0.4 is 10.6 Å². The van der Waals surface area contributed by atoms with E-state index in [0.717, 1.165) is 38.1 Å². The van der Waals surface area contributed by atoms with Gasteiger partial charge in [0, 0.05) is 32.2 Å². The van der Waals surface area contributed by atoms with E-state index in [2.05, 4.69) is 72.6 Å². The van der Waals surface area contributed by atoms with Crippen molar-refractivity contribution < 1.29 is 0 Å². The summed E-state index contributed by atoms with van der Waals surface area (Å²) in [5.74, 6) is 0.920. The number of rotatable bonds is 9. The molecule has 28 heavy (non-hydrogen) atoms. The van der Waals surface area contributed by atoms with Crippen molar-refractivity contribution >= 4 is 29.9 Å². The number of guanidine groups is 1. The number of hydrogen-bond acceptors (Lipinski definition) is 3. The van der Waals surface area contributed by atoms with E-state index in [1.54, 1.807) is 0 Å². The zero-order chi connectivity index (χ0) is 19.5. The molecule has 0 spiro atoms. The lowest BCUT2D eigenvalue weighted by atomic mass is 10.0. The zero-order valence-electron chi connectivity index (χ0n) is 18.2. The SMILES string of the molecule is CCNC(=NCc1ccccc1CN(C)C)NCCCN1CCCCC1C.I. The standard InChI is InChI=1S/C22H39N5.HI/c1-5-23-22(24-14-10-16-27-15-9-8-11-19(27)2)25-17-20-12-6-7-13-21(20)18-26(3)4;/h6-7,12-13,19H,5,8-11,14-18H2,1-4H3,(H2,23,24,25);1H. The van der Waals surface area contributed by atoms with E-state index in [-0.39, 0.29) is 24.0 Å². The van der Waals surface area contributed by atoms with Gasteiger partial charge >= 0.3 is 0 Å². The largest absolute Gasteiger partial charge is 0.357 e. The maximum Gasteiger partial charge on any atom is 0.191 e. The van der Waals surface area contributed by atoms with Crippen LogP contribution in [-0.4, -0.2) is 62.1 Å². The smallest absolute Gasteiger partial charge is 0.191 e. The summed E-state index contributed by atoms with van der Waals surface area (Å²) in [7, 11) is 4.21. The van der Waals surface area contributed by atoms with Crippen LogP contribution in [0.2, 0.25) is 0 Å². The quantitative estimate of drug-likeness (QED) is 0.235. The topological polar surface area (TPSA) is 42.9 Å². The van der Waals surface area contributed by atoms with Crippen LogP contribution >= 0.6 is 24.0 Å². The minimum Gasteiger partial charge on any atom is -0.357 e. The minimum absolute atomic E-state index is 0. The molecule has 0 saturated carbocycles. The first kappa shape index (κ1) is 25.2. The van der Waals surface area contributed by atoms with Gasteiger partial charge in [-0.1, -0.05) is 30.7 Å². The molecule has 1 saturated heterocycles. The van der Waals surface area contributed by atoms with Crippen molar-refractivity contribution in [3.8, 4) is 0 Å². The van der Waals surface area contributed by atoms with E-state index >= 15 is 0 Å². The molecule has 1 fully saturated rings. The number of halogens is 1. The Morgan fingerprint density at radius 3 is 2.61 bits per heavy atom. The van der Waals surface area contributed by atoms with Crippen molar-refractivity contribution in [2.24, 2.45) is 4.99 Å². The molecule has 1 aliphatic heterocycles. The number of hydrogen-bond donors (Lipinski definition) is 2. The molecule has 1 atom stereocenters. The Hall–Kier alpha value is -0.860. The molecule has 0 aliphatic carbocycles. The fraction of sp³-hybridized carbons (Fsp3) is 0.682. The molecule has 160 valence electrons. The molecular weight excluding hydrogens is 461 g/mol. The molecule has 1 aliphatic rings. The average molecular weight is 502 g/mol. The van der Waals surface area contributed by atoms with Crippen LogP contribution in [0.1, 0.15) is 50.7 Å². The molecule has 1 heterocycles. The van der Waals surface area contributed by atoms with Gasteiger partial charge in [-0.05, 0) is 64.9 Å². The van der Waals surface area contributed by atoms with E-state index in [1.165, 1.54) is 43.5 Å². The number of aliphatic imine (C=N–C) groups is 1. The maximum absolute atomic E-state index is 4.81. The van der Waals surface area contributed by atoms with Gasteiger partial charge in [0.25, 0.3) is 0 Å². The molecule has 2 N–H and O–H groups in total. The normalized spacial score (nSPS) is 18.0. The molecule has 2 rings (SSSR count). The van der Waals surface area contributed by atoms with Gasteiger partial charge in [0.05, 0.1) is 6.54 Å². The number of piperidine rings is 1. The highest BCUT2D eigenvalue weighted by Crippen LogP contribution is 2.16. The van der Waals surface area contributed by atoms with Gasteiger partial charge in [-0.3, -0.25) is 0 Å². The third-order valence-electron chi connectivity index (χ3n) is 5.21. The number of likely N-dealkylation sites (tertiary alicyclic amines) is 1. The van der Waals surface area contributed by atoms with E-state index < -0.39 is 0 Å². The number of nitrogens with one attached hydrogen (secondary N) is 2. The fourth-order valence-corrected chi connectivity index (χ4v) is 3.69. The monoisotopic (exact) mass is 501 g/mol. The van der Waals surface area contributed by atoms with Crippen molar-refractivity contribution in [2.45, 2.75) is 58.7 Å². The van der Waals surface area contributed by atoms with Gasteiger partial charge in [-0.25, -0.2) is 4.99 Å². The van der Waals surface area contributed by atoms with Gasteiger partial charge in [0.15, 0.2) is 5.96 Å². The van der Waals surface area contributed by atoms with Gasteiger partial charge in [0.2, 0.25) is 0 Å². The second-order valence-corrected chi connectivity index (χ2v) is 7.86. The first-order valence-electron chi connectivity index (χ1n) is 10.6.